The highest BCUT2D eigenvalue weighted by Gasteiger charge is 2.26. The fourth-order valence-electron chi connectivity index (χ4n) is 1.93. The number of aromatic nitrogens is 1. The molecule has 0 aromatic carbocycles. The number of nitrogens with one attached hydrogen (secondary N) is 1. The van der Waals surface area contributed by atoms with Crippen LogP contribution in [0.3, 0.4) is 0 Å². The maximum Gasteiger partial charge on any atom is 0.328 e. The topological polar surface area (TPSA) is 60.3 Å². The van der Waals surface area contributed by atoms with E-state index in [2.05, 4.69) is 21.2 Å². The van der Waals surface area contributed by atoms with E-state index in [1.807, 2.05) is 31.5 Å². The molecule has 0 aliphatic heterocycles. The number of amides is 1. The van der Waals surface area contributed by atoms with Crippen LogP contribution in [0.15, 0.2) is 16.7 Å². The van der Waals surface area contributed by atoms with Crippen LogP contribution >= 0.6 is 15.9 Å². The minimum Gasteiger partial charge on any atom is -0.467 e. The van der Waals surface area contributed by atoms with Gasteiger partial charge in [-0.1, -0.05) is 20.8 Å². The Kier molecular flexibility index (Phi) is 6.26. The van der Waals surface area contributed by atoms with Crippen molar-refractivity contribution in [3.63, 3.8) is 0 Å². The lowest BCUT2D eigenvalue weighted by Crippen LogP contribution is -2.45. The van der Waals surface area contributed by atoms with E-state index >= 15 is 0 Å². The van der Waals surface area contributed by atoms with Crippen molar-refractivity contribution in [3.8, 4) is 0 Å². The number of esters is 1. The summed E-state index contributed by atoms with van der Waals surface area (Å²) in [5, 5.41) is 2.74. The molecule has 0 spiro atoms. The number of carbonyl (C=O) groups excluding carboxylic acids is 2. The molecule has 6 heteroatoms. The fourth-order valence-corrected chi connectivity index (χ4v) is 2.39. The summed E-state index contributed by atoms with van der Waals surface area (Å²) in [6.07, 6.45) is 2.78. The number of hydrogen-bond acceptors (Lipinski definition) is 3. The molecule has 112 valence electrons. The van der Waals surface area contributed by atoms with Crippen molar-refractivity contribution in [2.75, 3.05) is 7.11 Å². The van der Waals surface area contributed by atoms with Crippen molar-refractivity contribution < 1.29 is 14.3 Å². The average molecular weight is 345 g/mol. The molecule has 1 heterocycles. The minimum atomic E-state index is -0.642. The molecule has 1 amide bonds. The Morgan fingerprint density at radius 3 is 2.60 bits per heavy atom. The first-order valence-electron chi connectivity index (χ1n) is 6.65. The molecule has 0 bridgehead atoms. The van der Waals surface area contributed by atoms with Gasteiger partial charge in [0, 0.05) is 17.2 Å². The summed E-state index contributed by atoms with van der Waals surface area (Å²) < 4.78 is 7.44. The Balaban J connectivity index is 2.91. The molecule has 0 saturated heterocycles. The maximum absolute atomic E-state index is 12.3. The SMILES string of the molecule is CCCn1cc(Br)cc1C(=O)NC(C(=O)OC)C(C)C. The highest BCUT2D eigenvalue weighted by Crippen LogP contribution is 2.16. The molecule has 0 aliphatic rings. The van der Waals surface area contributed by atoms with E-state index < -0.39 is 12.0 Å². The Labute approximate surface area is 127 Å². The molecule has 1 N–H and O–H groups in total. The largest absolute Gasteiger partial charge is 0.467 e. The monoisotopic (exact) mass is 344 g/mol. The van der Waals surface area contributed by atoms with E-state index in [-0.39, 0.29) is 11.8 Å². The van der Waals surface area contributed by atoms with Crippen LogP contribution < -0.4 is 5.32 Å². The van der Waals surface area contributed by atoms with Crippen molar-refractivity contribution in [1.29, 1.82) is 0 Å². The summed E-state index contributed by atoms with van der Waals surface area (Å²) in [5.74, 6) is -0.737. The Bertz CT molecular complexity index is 483. The first-order valence-corrected chi connectivity index (χ1v) is 7.44. The molecular formula is C14H21BrN2O3. The second-order valence-electron chi connectivity index (χ2n) is 4.96. The van der Waals surface area contributed by atoms with Gasteiger partial charge in [0.25, 0.3) is 5.91 Å². The van der Waals surface area contributed by atoms with Crippen LogP contribution in [0.2, 0.25) is 0 Å². The Morgan fingerprint density at radius 2 is 2.10 bits per heavy atom. The van der Waals surface area contributed by atoms with Crippen molar-refractivity contribution in [2.24, 2.45) is 5.92 Å². The van der Waals surface area contributed by atoms with Crippen molar-refractivity contribution in [1.82, 2.24) is 9.88 Å². The zero-order valence-electron chi connectivity index (χ0n) is 12.3. The molecule has 1 aromatic rings. The third-order valence-electron chi connectivity index (χ3n) is 2.97. The summed E-state index contributed by atoms with van der Waals surface area (Å²) in [6.45, 7) is 6.52. The number of halogens is 1. The van der Waals surface area contributed by atoms with Crippen molar-refractivity contribution in [3.05, 3.63) is 22.4 Å². The second kappa shape index (κ2) is 7.47. The Hall–Kier alpha value is -1.30. The molecule has 1 rings (SSSR count). The molecule has 20 heavy (non-hydrogen) atoms. The van der Waals surface area contributed by atoms with E-state index in [9.17, 15) is 9.59 Å². The molecule has 1 atom stereocenters. The third-order valence-corrected chi connectivity index (χ3v) is 3.40. The van der Waals surface area contributed by atoms with Crippen LogP contribution in [-0.2, 0) is 16.1 Å². The normalized spacial score (nSPS) is 12.3. The summed E-state index contributed by atoms with van der Waals surface area (Å²) in [4.78, 5) is 24.0. The predicted molar refractivity (Wildman–Crippen MR) is 80.5 cm³/mol. The van der Waals surface area contributed by atoms with Gasteiger partial charge in [0.2, 0.25) is 0 Å². The smallest absolute Gasteiger partial charge is 0.328 e. The first-order chi connectivity index (χ1) is 9.40. The zero-order chi connectivity index (χ0) is 15.3. The summed E-state index contributed by atoms with van der Waals surface area (Å²) >= 11 is 3.37. The van der Waals surface area contributed by atoms with Gasteiger partial charge in [-0.2, -0.15) is 0 Å². The van der Waals surface area contributed by atoms with Crippen LogP contribution in [0.25, 0.3) is 0 Å². The van der Waals surface area contributed by atoms with Crippen LogP contribution in [0.5, 0.6) is 0 Å². The van der Waals surface area contributed by atoms with Gasteiger partial charge in [-0.05, 0) is 34.3 Å². The fraction of sp³-hybridized carbons (Fsp3) is 0.571. The number of aryl methyl sites for hydroxylation is 1. The zero-order valence-corrected chi connectivity index (χ0v) is 13.9. The standard InChI is InChI=1S/C14H21BrN2O3/c1-5-6-17-8-10(15)7-11(17)13(18)16-12(9(2)3)14(19)20-4/h7-9,12H,5-6H2,1-4H3,(H,16,18). The van der Waals surface area contributed by atoms with Gasteiger partial charge in [0.05, 0.1) is 7.11 Å². The van der Waals surface area contributed by atoms with Gasteiger partial charge < -0.3 is 14.6 Å². The number of nitrogens with zero attached hydrogens (tertiary/aromatic N) is 1. The van der Waals surface area contributed by atoms with Crippen molar-refractivity contribution in [2.45, 2.75) is 39.8 Å². The van der Waals surface area contributed by atoms with Gasteiger partial charge in [-0.3, -0.25) is 4.79 Å². The van der Waals surface area contributed by atoms with E-state index in [0.29, 0.717) is 5.69 Å². The van der Waals surface area contributed by atoms with E-state index in [4.69, 9.17) is 4.74 Å². The molecule has 0 fully saturated rings. The number of carbonyl (C=O) groups is 2. The minimum absolute atomic E-state index is 0.0376. The molecule has 0 saturated carbocycles. The molecule has 5 nitrogen and oxygen atoms in total. The highest BCUT2D eigenvalue weighted by atomic mass is 79.9. The van der Waals surface area contributed by atoms with E-state index in [0.717, 1.165) is 17.4 Å². The van der Waals surface area contributed by atoms with Gasteiger partial charge in [-0.25, -0.2) is 4.79 Å². The maximum atomic E-state index is 12.3. The lowest BCUT2D eigenvalue weighted by atomic mass is 10.0. The van der Waals surface area contributed by atoms with Crippen LogP contribution in [0.1, 0.15) is 37.7 Å². The molecule has 0 radical (unpaired) electrons. The Morgan fingerprint density at radius 1 is 1.45 bits per heavy atom. The lowest BCUT2D eigenvalue weighted by molar-refractivity contribution is -0.144. The van der Waals surface area contributed by atoms with Crippen LogP contribution in [0, 0.1) is 5.92 Å². The number of hydrogen-bond donors (Lipinski definition) is 1. The van der Waals surface area contributed by atoms with E-state index in [1.165, 1.54) is 7.11 Å². The number of ether oxygens (including phenoxy) is 1. The third kappa shape index (κ3) is 4.10. The summed E-state index contributed by atoms with van der Waals surface area (Å²) in [6, 6.07) is 1.11. The van der Waals surface area contributed by atoms with Crippen molar-refractivity contribution >= 4 is 27.8 Å². The second-order valence-corrected chi connectivity index (χ2v) is 5.87. The molecule has 1 aromatic heterocycles. The lowest BCUT2D eigenvalue weighted by Gasteiger charge is -2.20. The van der Waals surface area contributed by atoms with Crippen LogP contribution in [-0.4, -0.2) is 29.6 Å². The van der Waals surface area contributed by atoms with Gasteiger partial charge in [0.1, 0.15) is 11.7 Å². The molecule has 0 aliphatic carbocycles. The molecular weight excluding hydrogens is 324 g/mol. The summed E-state index contributed by atoms with van der Waals surface area (Å²) in [5.41, 5.74) is 0.535. The van der Waals surface area contributed by atoms with Gasteiger partial charge in [0.15, 0.2) is 0 Å². The number of methoxy groups -OCH3 is 1. The predicted octanol–water partition coefficient (Wildman–Crippen LogP) is 2.59. The average Bonchev–Trinajstić information content (AvgIpc) is 2.76. The van der Waals surface area contributed by atoms with E-state index in [1.54, 1.807) is 6.07 Å². The van der Waals surface area contributed by atoms with Gasteiger partial charge >= 0.3 is 5.97 Å². The highest BCUT2D eigenvalue weighted by molar-refractivity contribution is 9.10. The van der Waals surface area contributed by atoms with Crippen LogP contribution in [0.4, 0.5) is 0 Å². The summed E-state index contributed by atoms with van der Waals surface area (Å²) in [7, 11) is 1.32. The first kappa shape index (κ1) is 16.8. The number of rotatable bonds is 6. The quantitative estimate of drug-likeness (QED) is 0.807. The van der Waals surface area contributed by atoms with Gasteiger partial charge in [-0.15, -0.1) is 0 Å². The molecule has 1 unspecified atom stereocenters.